The molecule has 0 bridgehead atoms. The number of amides is 2. The number of piperidine rings is 1. The highest BCUT2D eigenvalue weighted by atomic mass is 35.5. The van der Waals surface area contributed by atoms with Crippen LogP contribution in [0.3, 0.4) is 0 Å². The van der Waals surface area contributed by atoms with Gasteiger partial charge in [0.1, 0.15) is 5.82 Å². The Bertz CT molecular complexity index is 591. The third-order valence-electron chi connectivity index (χ3n) is 4.20. The minimum Gasteiger partial charge on any atom is -0.334 e. The van der Waals surface area contributed by atoms with Gasteiger partial charge in [0.2, 0.25) is 0 Å². The number of nitrogens with zero attached hydrogens (tertiary/aromatic N) is 2. The van der Waals surface area contributed by atoms with Crippen molar-refractivity contribution in [3.8, 4) is 0 Å². The molecule has 1 heterocycles. The second-order valence-corrected chi connectivity index (χ2v) is 6.56. The normalized spacial score (nSPS) is 21.8. The lowest BCUT2D eigenvalue weighted by Crippen LogP contribution is -2.52. The molecule has 0 aromatic heterocycles. The van der Waals surface area contributed by atoms with E-state index in [9.17, 15) is 14.0 Å². The van der Waals surface area contributed by atoms with Gasteiger partial charge in [0, 0.05) is 30.3 Å². The molecule has 1 fully saturated rings. The quantitative estimate of drug-likeness (QED) is 0.839. The molecule has 1 aromatic carbocycles. The SMILES string of the molecule is C[C@H]1CN(C)CC[C@H]1N(C)C(=O)C(=O)Nc1cc(F)cc(Cl)c1. The highest BCUT2D eigenvalue weighted by Gasteiger charge is 2.32. The number of halogens is 2. The summed E-state index contributed by atoms with van der Waals surface area (Å²) >= 11 is 5.74. The zero-order chi connectivity index (χ0) is 17.1. The summed E-state index contributed by atoms with van der Waals surface area (Å²) in [4.78, 5) is 28.1. The predicted molar refractivity (Wildman–Crippen MR) is 87.9 cm³/mol. The highest BCUT2D eigenvalue weighted by molar-refractivity contribution is 6.39. The Labute approximate surface area is 140 Å². The van der Waals surface area contributed by atoms with E-state index in [0.717, 1.165) is 31.6 Å². The number of hydrogen-bond acceptors (Lipinski definition) is 3. The van der Waals surface area contributed by atoms with Crippen molar-refractivity contribution in [3.63, 3.8) is 0 Å². The molecule has 2 atom stereocenters. The summed E-state index contributed by atoms with van der Waals surface area (Å²) < 4.78 is 13.3. The molecule has 2 amide bonds. The first-order valence-corrected chi connectivity index (χ1v) is 7.88. The molecule has 2 rings (SSSR count). The van der Waals surface area contributed by atoms with Crippen LogP contribution in [-0.2, 0) is 9.59 Å². The minimum atomic E-state index is -0.791. The lowest BCUT2D eigenvalue weighted by Gasteiger charge is -2.39. The van der Waals surface area contributed by atoms with E-state index in [-0.39, 0.29) is 22.7 Å². The molecule has 7 heteroatoms. The zero-order valence-corrected chi connectivity index (χ0v) is 14.2. The number of benzene rings is 1. The molecule has 1 aliphatic rings. The third kappa shape index (κ3) is 4.42. The molecule has 0 unspecified atom stereocenters. The molecule has 1 saturated heterocycles. The summed E-state index contributed by atoms with van der Waals surface area (Å²) in [7, 11) is 3.67. The van der Waals surface area contributed by atoms with Gasteiger partial charge in [-0.15, -0.1) is 0 Å². The summed E-state index contributed by atoms with van der Waals surface area (Å²) in [5, 5.41) is 2.56. The molecule has 23 heavy (non-hydrogen) atoms. The van der Waals surface area contributed by atoms with Gasteiger partial charge in [-0.2, -0.15) is 0 Å². The van der Waals surface area contributed by atoms with E-state index in [1.165, 1.54) is 11.0 Å². The Kier molecular flexibility index (Phi) is 5.59. The maximum atomic E-state index is 13.3. The lowest BCUT2D eigenvalue weighted by molar-refractivity contribution is -0.145. The van der Waals surface area contributed by atoms with Gasteiger partial charge >= 0.3 is 11.8 Å². The lowest BCUT2D eigenvalue weighted by atomic mass is 9.93. The van der Waals surface area contributed by atoms with Crippen molar-refractivity contribution in [1.82, 2.24) is 9.80 Å². The number of likely N-dealkylation sites (N-methyl/N-ethyl adjacent to an activating group) is 1. The minimum absolute atomic E-state index is 0.0144. The molecule has 0 radical (unpaired) electrons. The zero-order valence-electron chi connectivity index (χ0n) is 13.5. The van der Waals surface area contributed by atoms with Crippen molar-refractivity contribution in [1.29, 1.82) is 0 Å². The smallest absolute Gasteiger partial charge is 0.313 e. The number of anilines is 1. The number of hydrogen-bond donors (Lipinski definition) is 1. The Hall–Kier alpha value is -1.66. The van der Waals surface area contributed by atoms with E-state index < -0.39 is 17.6 Å². The van der Waals surface area contributed by atoms with E-state index in [4.69, 9.17) is 11.6 Å². The second kappa shape index (κ2) is 7.27. The molecular formula is C16H21ClFN3O2. The summed E-state index contributed by atoms with van der Waals surface area (Å²) in [5.41, 5.74) is 0.165. The van der Waals surface area contributed by atoms with Crippen LogP contribution in [0, 0.1) is 11.7 Å². The van der Waals surface area contributed by atoms with Crippen molar-refractivity contribution in [3.05, 3.63) is 29.0 Å². The van der Waals surface area contributed by atoms with Crippen LogP contribution in [0.2, 0.25) is 5.02 Å². The fourth-order valence-electron chi connectivity index (χ4n) is 3.04. The van der Waals surface area contributed by atoms with Gasteiger partial charge in [0.15, 0.2) is 0 Å². The summed E-state index contributed by atoms with van der Waals surface area (Å²) in [5.74, 6) is -1.72. The average Bonchev–Trinajstić information content (AvgIpc) is 2.44. The van der Waals surface area contributed by atoms with Crippen LogP contribution in [0.5, 0.6) is 0 Å². The Morgan fingerprint density at radius 3 is 2.70 bits per heavy atom. The molecular weight excluding hydrogens is 321 g/mol. The molecule has 1 aromatic rings. The van der Waals surface area contributed by atoms with Gasteiger partial charge in [-0.3, -0.25) is 9.59 Å². The van der Waals surface area contributed by atoms with E-state index in [1.54, 1.807) is 7.05 Å². The molecule has 1 N–H and O–H groups in total. The van der Waals surface area contributed by atoms with Crippen LogP contribution in [-0.4, -0.2) is 54.8 Å². The topological polar surface area (TPSA) is 52.7 Å². The van der Waals surface area contributed by atoms with Crippen molar-refractivity contribution < 1.29 is 14.0 Å². The summed E-state index contributed by atoms with van der Waals surface area (Å²) in [6.07, 6.45) is 0.818. The maximum absolute atomic E-state index is 13.3. The van der Waals surface area contributed by atoms with Crippen LogP contribution in [0.15, 0.2) is 18.2 Å². The first-order valence-electron chi connectivity index (χ1n) is 7.50. The van der Waals surface area contributed by atoms with E-state index in [0.29, 0.717) is 0 Å². The Morgan fingerprint density at radius 2 is 2.09 bits per heavy atom. The first-order chi connectivity index (χ1) is 10.8. The third-order valence-corrected chi connectivity index (χ3v) is 4.41. The van der Waals surface area contributed by atoms with Gasteiger partial charge < -0.3 is 15.1 Å². The van der Waals surface area contributed by atoms with Gasteiger partial charge in [0.05, 0.1) is 0 Å². The molecule has 0 spiro atoms. The summed E-state index contributed by atoms with van der Waals surface area (Å²) in [6.45, 7) is 3.82. The summed E-state index contributed by atoms with van der Waals surface area (Å²) in [6, 6.07) is 3.66. The Morgan fingerprint density at radius 1 is 1.39 bits per heavy atom. The molecule has 126 valence electrons. The number of carbonyl (C=O) groups is 2. The standard InChI is InChI=1S/C16H21ClFN3O2/c1-10-9-20(2)5-4-14(10)21(3)16(23)15(22)19-13-7-11(17)6-12(18)8-13/h6-8,10,14H,4-5,9H2,1-3H3,(H,19,22)/t10-,14+/m0/s1. The largest absolute Gasteiger partial charge is 0.334 e. The maximum Gasteiger partial charge on any atom is 0.313 e. The van der Waals surface area contributed by atoms with Crippen LogP contribution in [0.1, 0.15) is 13.3 Å². The highest BCUT2D eigenvalue weighted by Crippen LogP contribution is 2.21. The van der Waals surface area contributed by atoms with Gasteiger partial charge in [0.25, 0.3) is 0 Å². The molecule has 0 saturated carbocycles. The molecule has 0 aliphatic carbocycles. The second-order valence-electron chi connectivity index (χ2n) is 6.12. The molecule has 1 aliphatic heterocycles. The first kappa shape index (κ1) is 17.7. The van der Waals surface area contributed by atoms with Crippen molar-refractivity contribution in [2.24, 2.45) is 5.92 Å². The number of carbonyl (C=O) groups excluding carboxylic acids is 2. The number of likely N-dealkylation sites (tertiary alicyclic amines) is 1. The van der Waals surface area contributed by atoms with Crippen LogP contribution < -0.4 is 5.32 Å². The van der Waals surface area contributed by atoms with E-state index in [1.807, 2.05) is 7.05 Å². The van der Waals surface area contributed by atoms with Crippen LogP contribution >= 0.6 is 11.6 Å². The van der Waals surface area contributed by atoms with Crippen molar-refractivity contribution >= 4 is 29.1 Å². The fourth-order valence-corrected chi connectivity index (χ4v) is 3.26. The van der Waals surface area contributed by atoms with Crippen LogP contribution in [0.4, 0.5) is 10.1 Å². The van der Waals surface area contributed by atoms with Gasteiger partial charge in [-0.05, 0) is 44.1 Å². The van der Waals surface area contributed by atoms with Crippen LogP contribution in [0.25, 0.3) is 0 Å². The van der Waals surface area contributed by atoms with E-state index in [2.05, 4.69) is 17.1 Å². The predicted octanol–water partition coefficient (Wildman–Crippen LogP) is 2.22. The molecule has 5 nitrogen and oxygen atoms in total. The number of rotatable bonds is 2. The average molecular weight is 342 g/mol. The van der Waals surface area contributed by atoms with Crippen molar-refractivity contribution in [2.75, 3.05) is 32.5 Å². The number of nitrogens with one attached hydrogen (secondary N) is 1. The monoisotopic (exact) mass is 341 g/mol. The van der Waals surface area contributed by atoms with E-state index >= 15 is 0 Å². The van der Waals surface area contributed by atoms with Crippen molar-refractivity contribution in [2.45, 2.75) is 19.4 Å². The Balaban J connectivity index is 2.02. The van der Waals surface area contributed by atoms with Gasteiger partial charge in [-0.1, -0.05) is 18.5 Å². The van der Waals surface area contributed by atoms with Gasteiger partial charge in [-0.25, -0.2) is 4.39 Å². The fraction of sp³-hybridized carbons (Fsp3) is 0.500.